The molecular formula is C15H21IN2O. The molecule has 4 heteroatoms. The summed E-state index contributed by atoms with van der Waals surface area (Å²) in [7, 11) is 0. The van der Waals surface area contributed by atoms with Crippen LogP contribution in [0.4, 0.5) is 11.4 Å². The SMILES string of the molecule is Nc1ccc(N2CCC3(O)CCCCC3C2)c(I)c1. The number of anilines is 2. The van der Waals surface area contributed by atoms with E-state index in [4.69, 9.17) is 5.73 Å². The van der Waals surface area contributed by atoms with Crippen molar-refractivity contribution in [2.24, 2.45) is 5.92 Å². The lowest BCUT2D eigenvalue weighted by atomic mass is 9.71. The molecule has 3 N–H and O–H groups in total. The molecule has 2 atom stereocenters. The summed E-state index contributed by atoms with van der Waals surface area (Å²) in [5, 5.41) is 10.7. The van der Waals surface area contributed by atoms with Crippen LogP contribution in [0, 0.1) is 9.49 Å². The standard InChI is InChI=1S/C15H21IN2O/c16-13-9-12(17)4-5-14(13)18-8-7-15(19)6-2-1-3-11(15)10-18/h4-5,9,11,19H,1-3,6-8,10,17H2. The molecule has 0 spiro atoms. The Bertz CT molecular complexity index is 479. The van der Waals surface area contributed by atoms with Crippen molar-refractivity contribution in [1.29, 1.82) is 0 Å². The van der Waals surface area contributed by atoms with Gasteiger partial charge in [-0.1, -0.05) is 12.8 Å². The van der Waals surface area contributed by atoms with Crippen molar-refractivity contribution in [2.75, 3.05) is 23.7 Å². The van der Waals surface area contributed by atoms with Crippen LogP contribution in [0.2, 0.25) is 0 Å². The molecule has 1 saturated heterocycles. The van der Waals surface area contributed by atoms with Crippen molar-refractivity contribution >= 4 is 34.0 Å². The first-order chi connectivity index (χ1) is 9.08. The number of hydrogen-bond donors (Lipinski definition) is 2. The summed E-state index contributed by atoms with van der Waals surface area (Å²) in [4.78, 5) is 2.42. The molecule has 1 heterocycles. The number of benzene rings is 1. The molecule has 2 unspecified atom stereocenters. The van der Waals surface area contributed by atoms with Crippen molar-refractivity contribution in [3.05, 3.63) is 21.8 Å². The maximum Gasteiger partial charge on any atom is 0.0709 e. The van der Waals surface area contributed by atoms with Crippen LogP contribution in [0.25, 0.3) is 0 Å². The second kappa shape index (κ2) is 5.13. The lowest BCUT2D eigenvalue weighted by Gasteiger charge is -2.48. The van der Waals surface area contributed by atoms with Crippen LogP contribution in [-0.2, 0) is 0 Å². The molecule has 104 valence electrons. The summed E-state index contributed by atoms with van der Waals surface area (Å²) in [6.45, 7) is 1.93. The maximum absolute atomic E-state index is 10.7. The van der Waals surface area contributed by atoms with E-state index in [2.05, 4.69) is 33.6 Å². The van der Waals surface area contributed by atoms with Gasteiger partial charge in [-0.05, 0) is 60.1 Å². The number of piperidine rings is 1. The summed E-state index contributed by atoms with van der Waals surface area (Å²) in [6, 6.07) is 6.11. The average Bonchev–Trinajstić information content (AvgIpc) is 2.38. The first kappa shape index (κ1) is 13.5. The fourth-order valence-corrected chi connectivity index (χ4v) is 4.45. The molecule has 1 aromatic rings. The van der Waals surface area contributed by atoms with Gasteiger partial charge in [-0.2, -0.15) is 0 Å². The Morgan fingerprint density at radius 2 is 2.16 bits per heavy atom. The third kappa shape index (κ3) is 2.57. The Morgan fingerprint density at radius 3 is 2.95 bits per heavy atom. The zero-order chi connectivity index (χ0) is 13.5. The average molecular weight is 372 g/mol. The Hall–Kier alpha value is -0.490. The van der Waals surface area contributed by atoms with Crippen molar-refractivity contribution in [3.63, 3.8) is 0 Å². The predicted molar refractivity (Wildman–Crippen MR) is 87.3 cm³/mol. The van der Waals surface area contributed by atoms with Gasteiger partial charge in [0.1, 0.15) is 0 Å². The van der Waals surface area contributed by atoms with E-state index in [1.165, 1.54) is 28.5 Å². The van der Waals surface area contributed by atoms with Gasteiger partial charge in [0.25, 0.3) is 0 Å². The molecule has 0 amide bonds. The molecule has 0 radical (unpaired) electrons. The van der Waals surface area contributed by atoms with Gasteiger partial charge < -0.3 is 15.7 Å². The van der Waals surface area contributed by atoms with E-state index in [-0.39, 0.29) is 0 Å². The number of nitrogens with zero attached hydrogens (tertiary/aromatic N) is 1. The molecule has 1 aliphatic carbocycles. The van der Waals surface area contributed by atoms with Gasteiger partial charge >= 0.3 is 0 Å². The van der Waals surface area contributed by atoms with Gasteiger partial charge in [0, 0.05) is 28.3 Å². The van der Waals surface area contributed by atoms with Gasteiger partial charge in [0.2, 0.25) is 0 Å². The highest BCUT2D eigenvalue weighted by molar-refractivity contribution is 14.1. The highest BCUT2D eigenvalue weighted by Gasteiger charge is 2.42. The Morgan fingerprint density at radius 1 is 1.32 bits per heavy atom. The second-order valence-electron chi connectivity index (χ2n) is 5.95. The topological polar surface area (TPSA) is 49.5 Å². The second-order valence-corrected chi connectivity index (χ2v) is 7.12. The molecule has 0 aromatic heterocycles. The minimum Gasteiger partial charge on any atom is -0.399 e. The third-order valence-corrected chi connectivity index (χ3v) is 5.60. The Balaban J connectivity index is 1.80. The monoisotopic (exact) mass is 372 g/mol. The largest absolute Gasteiger partial charge is 0.399 e. The molecular weight excluding hydrogens is 351 g/mol. The third-order valence-electron chi connectivity index (χ3n) is 4.74. The van der Waals surface area contributed by atoms with Gasteiger partial charge in [0.15, 0.2) is 0 Å². The molecule has 2 fully saturated rings. The number of fused-ring (bicyclic) bond motifs is 1. The molecule has 1 aliphatic heterocycles. The van der Waals surface area contributed by atoms with Crippen LogP contribution >= 0.6 is 22.6 Å². The predicted octanol–water partition coefficient (Wildman–Crippen LogP) is 3.00. The van der Waals surface area contributed by atoms with Crippen molar-refractivity contribution in [1.82, 2.24) is 0 Å². The first-order valence-electron chi connectivity index (χ1n) is 7.11. The highest BCUT2D eigenvalue weighted by Crippen LogP contribution is 2.41. The molecule has 1 saturated carbocycles. The molecule has 0 bridgehead atoms. The summed E-state index contributed by atoms with van der Waals surface area (Å²) in [5.74, 6) is 0.434. The van der Waals surface area contributed by atoms with Crippen molar-refractivity contribution < 1.29 is 5.11 Å². The number of rotatable bonds is 1. The number of aliphatic hydroxyl groups is 1. The van der Waals surface area contributed by atoms with Crippen LogP contribution in [0.1, 0.15) is 32.1 Å². The number of halogens is 1. The Labute approximate surface area is 128 Å². The summed E-state index contributed by atoms with van der Waals surface area (Å²) < 4.78 is 1.21. The van der Waals surface area contributed by atoms with E-state index in [0.29, 0.717) is 5.92 Å². The van der Waals surface area contributed by atoms with E-state index < -0.39 is 5.60 Å². The van der Waals surface area contributed by atoms with E-state index in [9.17, 15) is 5.11 Å². The van der Waals surface area contributed by atoms with E-state index in [1.54, 1.807) is 0 Å². The molecule has 3 rings (SSSR count). The summed E-state index contributed by atoms with van der Waals surface area (Å²) in [5.41, 5.74) is 7.51. The molecule has 2 aliphatic rings. The lowest BCUT2D eigenvalue weighted by Crippen LogP contribution is -2.53. The van der Waals surface area contributed by atoms with Crippen molar-refractivity contribution in [3.8, 4) is 0 Å². The number of nitrogens with two attached hydrogens (primary N) is 1. The summed E-state index contributed by atoms with van der Waals surface area (Å²) in [6.07, 6.45) is 5.51. The summed E-state index contributed by atoms with van der Waals surface area (Å²) >= 11 is 2.36. The van der Waals surface area contributed by atoms with Crippen LogP contribution in [-0.4, -0.2) is 23.8 Å². The van der Waals surface area contributed by atoms with Gasteiger partial charge in [0.05, 0.1) is 11.3 Å². The fraction of sp³-hybridized carbons (Fsp3) is 0.600. The quantitative estimate of drug-likeness (QED) is 0.589. The Kier molecular flexibility index (Phi) is 3.64. The van der Waals surface area contributed by atoms with Gasteiger partial charge in [-0.25, -0.2) is 0 Å². The van der Waals surface area contributed by atoms with Crippen LogP contribution in [0.3, 0.4) is 0 Å². The number of nitrogen functional groups attached to an aromatic ring is 1. The van der Waals surface area contributed by atoms with Crippen molar-refractivity contribution in [2.45, 2.75) is 37.7 Å². The maximum atomic E-state index is 10.7. The number of hydrogen-bond acceptors (Lipinski definition) is 3. The first-order valence-corrected chi connectivity index (χ1v) is 8.19. The van der Waals surface area contributed by atoms with Crippen LogP contribution < -0.4 is 10.6 Å². The van der Waals surface area contributed by atoms with Crippen LogP contribution in [0.15, 0.2) is 18.2 Å². The van der Waals surface area contributed by atoms with E-state index in [0.717, 1.165) is 31.6 Å². The van der Waals surface area contributed by atoms with Gasteiger partial charge in [-0.3, -0.25) is 0 Å². The van der Waals surface area contributed by atoms with Crippen LogP contribution in [0.5, 0.6) is 0 Å². The van der Waals surface area contributed by atoms with E-state index >= 15 is 0 Å². The normalized spacial score (nSPS) is 31.1. The van der Waals surface area contributed by atoms with E-state index in [1.807, 2.05) is 12.1 Å². The fourth-order valence-electron chi connectivity index (χ4n) is 3.57. The minimum atomic E-state index is -0.395. The lowest BCUT2D eigenvalue weighted by molar-refractivity contribution is -0.0612. The van der Waals surface area contributed by atoms with Gasteiger partial charge in [-0.15, -0.1) is 0 Å². The smallest absolute Gasteiger partial charge is 0.0709 e. The molecule has 3 nitrogen and oxygen atoms in total. The zero-order valence-electron chi connectivity index (χ0n) is 11.1. The minimum absolute atomic E-state index is 0.395. The zero-order valence-corrected chi connectivity index (χ0v) is 13.3. The highest BCUT2D eigenvalue weighted by atomic mass is 127. The molecule has 19 heavy (non-hydrogen) atoms. The molecule has 1 aromatic carbocycles.